The van der Waals surface area contributed by atoms with Gasteiger partial charge in [-0.1, -0.05) is 6.07 Å². The molecule has 0 saturated carbocycles. The maximum atomic E-state index is 12.0. The second kappa shape index (κ2) is 7.86. The summed E-state index contributed by atoms with van der Waals surface area (Å²) in [5.74, 6) is -0.992. The van der Waals surface area contributed by atoms with Gasteiger partial charge in [0.25, 0.3) is 5.91 Å². The monoisotopic (exact) mass is 344 g/mol. The highest BCUT2D eigenvalue weighted by atomic mass is 79.9. The van der Waals surface area contributed by atoms with Crippen LogP contribution in [0.4, 0.5) is 5.69 Å². The Balaban J connectivity index is 2.61. The highest BCUT2D eigenvalue weighted by molar-refractivity contribution is 9.10. The molecule has 0 bridgehead atoms. The topological polar surface area (TPSA) is 90.6 Å². The molecule has 110 valence electrons. The van der Waals surface area contributed by atoms with Gasteiger partial charge >= 0.3 is 5.97 Å². The largest absolute Gasteiger partial charge is 0.449 e. The van der Waals surface area contributed by atoms with Crippen LogP contribution in [-0.4, -0.2) is 38.2 Å². The van der Waals surface area contributed by atoms with Crippen LogP contribution >= 0.6 is 15.9 Å². The molecular weight excluding hydrogens is 328 g/mol. The minimum absolute atomic E-state index is 0.279. The fourth-order valence-electron chi connectivity index (χ4n) is 1.41. The van der Waals surface area contributed by atoms with E-state index in [9.17, 15) is 9.59 Å². The van der Waals surface area contributed by atoms with Crippen molar-refractivity contribution in [3.63, 3.8) is 0 Å². The molecule has 1 amide bonds. The summed E-state index contributed by atoms with van der Waals surface area (Å²) in [6, 6.07) is 4.86. The number of benzene rings is 1. The van der Waals surface area contributed by atoms with E-state index < -0.39 is 12.1 Å². The maximum absolute atomic E-state index is 12.0. The normalized spacial score (nSPS) is 11.8. The van der Waals surface area contributed by atoms with Crippen molar-refractivity contribution >= 4 is 33.5 Å². The van der Waals surface area contributed by atoms with Crippen LogP contribution < -0.4 is 11.1 Å². The second-order valence-corrected chi connectivity index (χ2v) is 4.83. The zero-order valence-corrected chi connectivity index (χ0v) is 12.9. The molecule has 3 N–H and O–H groups in total. The Labute approximate surface area is 125 Å². The lowest BCUT2D eigenvalue weighted by Gasteiger charge is -2.14. The van der Waals surface area contributed by atoms with Crippen LogP contribution in [0, 0.1) is 0 Å². The summed E-state index contributed by atoms with van der Waals surface area (Å²) in [5, 5.41) is 2.59. The summed E-state index contributed by atoms with van der Waals surface area (Å²) in [6.45, 7) is 2.26. The van der Waals surface area contributed by atoms with Gasteiger partial charge in [-0.05, 0) is 35.0 Å². The molecule has 1 atom stereocenters. The zero-order valence-electron chi connectivity index (χ0n) is 11.3. The number of esters is 1. The van der Waals surface area contributed by atoms with Gasteiger partial charge in [-0.3, -0.25) is 4.79 Å². The highest BCUT2D eigenvalue weighted by Crippen LogP contribution is 2.24. The molecule has 0 aliphatic heterocycles. The Hall–Kier alpha value is -1.60. The maximum Gasteiger partial charge on any atom is 0.340 e. The zero-order chi connectivity index (χ0) is 15.1. The van der Waals surface area contributed by atoms with E-state index in [1.165, 1.54) is 14.0 Å². The molecule has 0 spiro atoms. The Morgan fingerprint density at radius 3 is 2.80 bits per heavy atom. The first-order chi connectivity index (χ1) is 9.47. The number of methoxy groups -OCH3 is 1. The summed E-state index contributed by atoms with van der Waals surface area (Å²) in [6.07, 6.45) is -0.896. The molecule has 0 heterocycles. The molecule has 1 aromatic rings. The quantitative estimate of drug-likeness (QED) is 0.461. The van der Waals surface area contributed by atoms with Gasteiger partial charge in [-0.2, -0.15) is 0 Å². The number of nitrogen functional groups attached to an aromatic ring is 1. The first-order valence-corrected chi connectivity index (χ1v) is 6.78. The number of carbonyl (C=O) groups is 2. The van der Waals surface area contributed by atoms with Crippen LogP contribution in [0.25, 0.3) is 0 Å². The molecule has 7 heteroatoms. The smallest absolute Gasteiger partial charge is 0.340 e. The Bertz CT molecular complexity index is 493. The summed E-state index contributed by atoms with van der Waals surface area (Å²) in [7, 11) is 1.53. The van der Waals surface area contributed by atoms with Gasteiger partial charge in [0, 0.05) is 19.3 Å². The molecule has 1 rings (SSSR count). The van der Waals surface area contributed by atoms with Gasteiger partial charge in [-0.25, -0.2) is 4.79 Å². The molecule has 0 aromatic heterocycles. The lowest BCUT2D eigenvalue weighted by Crippen LogP contribution is -2.37. The lowest BCUT2D eigenvalue weighted by molar-refractivity contribution is -0.129. The third kappa shape index (κ3) is 4.50. The summed E-state index contributed by atoms with van der Waals surface area (Å²) in [4.78, 5) is 23.6. The number of nitrogens with two attached hydrogens (primary N) is 1. The molecule has 1 aromatic carbocycles. The third-order valence-electron chi connectivity index (χ3n) is 2.51. The van der Waals surface area contributed by atoms with Crippen molar-refractivity contribution in [1.82, 2.24) is 5.32 Å². The lowest BCUT2D eigenvalue weighted by atomic mass is 10.2. The average molecular weight is 345 g/mol. The van der Waals surface area contributed by atoms with Crippen LogP contribution in [0.5, 0.6) is 0 Å². The Morgan fingerprint density at radius 2 is 2.15 bits per heavy atom. The minimum Gasteiger partial charge on any atom is -0.449 e. The Morgan fingerprint density at radius 1 is 1.45 bits per heavy atom. The van der Waals surface area contributed by atoms with E-state index in [0.29, 0.717) is 23.3 Å². The van der Waals surface area contributed by atoms with E-state index in [4.69, 9.17) is 15.2 Å². The molecule has 0 saturated heterocycles. The van der Waals surface area contributed by atoms with Gasteiger partial charge < -0.3 is 20.5 Å². The van der Waals surface area contributed by atoms with Crippen LogP contribution in [0.3, 0.4) is 0 Å². The third-order valence-corrected chi connectivity index (χ3v) is 3.39. The van der Waals surface area contributed by atoms with E-state index in [1.807, 2.05) is 0 Å². The number of hydrogen-bond acceptors (Lipinski definition) is 5. The molecule has 0 aliphatic rings. The number of hydrogen-bond donors (Lipinski definition) is 2. The molecule has 0 fully saturated rings. The van der Waals surface area contributed by atoms with E-state index in [1.54, 1.807) is 18.2 Å². The van der Waals surface area contributed by atoms with Crippen LogP contribution in [-0.2, 0) is 14.3 Å². The Kier molecular flexibility index (Phi) is 6.47. The fourth-order valence-corrected chi connectivity index (χ4v) is 1.83. The van der Waals surface area contributed by atoms with E-state index in [0.717, 1.165) is 0 Å². The number of ether oxygens (including phenoxy) is 2. The number of nitrogens with one attached hydrogen (secondary N) is 1. The summed E-state index contributed by atoms with van der Waals surface area (Å²) in [5.41, 5.74) is 6.39. The first-order valence-electron chi connectivity index (χ1n) is 5.99. The van der Waals surface area contributed by atoms with Gasteiger partial charge in [0.05, 0.1) is 16.6 Å². The van der Waals surface area contributed by atoms with Crippen molar-refractivity contribution in [1.29, 1.82) is 0 Å². The van der Waals surface area contributed by atoms with Crippen molar-refractivity contribution in [2.75, 3.05) is 26.0 Å². The average Bonchev–Trinajstić information content (AvgIpc) is 2.41. The van der Waals surface area contributed by atoms with E-state index in [-0.39, 0.29) is 11.5 Å². The summed E-state index contributed by atoms with van der Waals surface area (Å²) < 4.78 is 10.4. The highest BCUT2D eigenvalue weighted by Gasteiger charge is 2.20. The molecular formula is C13H17BrN2O4. The predicted molar refractivity (Wildman–Crippen MR) is 78.3 cm³/mol. The SMILES string of the molecule is COCCNC(=O)C(C)OC(=O)c1cccc(N)c1Br. The number of amides is 1. The van der Waals surface area contributed by atoms with Crippen LogP contribution in [0.2, 0.25) is 0 Å². The van der Waals surface area contributed by atoms with Crippen molar-refractivity contribution in [2.24, 2.45) is 0 Å². The number of rotatable bonds is 6. The van der Waals surface area contributed by atoms with Crippen LogP contribution in [0.1, 0.15) is 17.3 Å². The van der Waals surface area contributed by atoms with Crippen molar-refractivity contribution in [2.45, 2.75) is 13.0 Å². The predicted octanol–water partition coefficient (Wildman–Crippen LogP) is 1.34. The van der Waals surface area contributed by atoms with Crippen molar-refractivity contribution < 1.29 is 19.1 Å². The number of anilines is 1. The van der Waals surface area contributed by atoms with Crippen molar-refractivity contribution in [3.05, 3.63) is 28.2 Å². The van der Waals surface area contributed by atoms with E-state index >= 15 is 0 Å². The molecule has 20 heavy (non-hydrogen) atoms. The van der Waals surface area contributed by atoms with Gasteiger partial charge in [-0.15, -0.1) is 0 Å². The molecule has 1 unspecified atom stereocenters. The number of carbonyl (C=O) groups excluding carboxylic acids is 2. The van der Waals surface area contributed by atoms with Gasteiger partial charge in [0.1, 0.15) is 0 Å². The minimum atomic E-state index is -0.896. The van der Waals surface area contributed by atoms with Gasteiger partial charge in [0.2, 0.25) is 0 Å². The molecule has 0 radical (unpaired) electrons. The number of halogens is 1. The van der Waals surface area contributed by atoms with Crippen LogP contribution in [0.15, 0.2) is 22.7 Å². The molecule has 0 aliphatic carbocycles. The van der Waals surface area contributed by atoms with Gasteiger partial charge in [0.15, 0.2) is 6.10 Å². The second-order valence-electron chi connectivity index (χ2n) is 4.04. The van der Waals surface area contributed by atoms with Crippen molar-refractivity contribution in [3.8, 4) is 0 Å². The summed E-state index contributed by atoms with van der Waals surface area (Å²) >= 11 is 3.22. The van der Waals surface area contributed by atoms with E-state index in [2.05, 4.69) is 21.2 Å². The first kappa shape index (κ1) is 16.5. The standard InChI is InChI=1S/C13H17BrN2O4/c1-8(12(17)16-6-7-19-2)20-13(18)9-4-3-5-10(15)11(9)14/h3-5,8H,6-7,15H2,1-2H3,(H,16,17). The fraction of sp³-hybridized carbons (Fsp3) is 0.385. The molecule has 6 nitrogen and oxygen atoms in total.